The molecule has 18 heavy (non-hydrogen) atoms. The van der Waals surface area contributed by atoms with Crippen LogP contribution in [0.25, 0.3) is 0 Å². The standard InChI is InChI=1S/C14H17NO3/c1-9(12-6-5-11(16)8-13(12)17)15-10(2)14-4-3-7-18-14/h3-10,15-17H,1-2H3/t9?,10-/m1/s1. The molecule has 2 atom stereocenters. The molecule has 4 heteroatoms. The van der Waals surface area contributed by atoms with Gasteiger partial charge in [-0.2, -0.15) is 0 Å². The fourth-order valence-corrected chi connectivity index (χ4v) is 1.98. The number of phenolic OH excluding ortho intramolecular Hbond substituents is 2. The molecule has 0 spiro atoms. The van der Waals surface area contributed by atoms with Crippen LogP contribution >= 0.6 is 0 Å². The summed E-state index contributed by atoms with van der Waals surface area (Å²) in [5, 5.41) is 22.4. The molecule has 3 N–H and O–H groups in total. The van der Waals surface area contributed by atoms with Crippen LogP contribution in [0.2, 0.25) is 0 Å². The normalized spacial score (nSPS) is 14.3. The number of benzene rings is 1. The van der Waals surface area contributed by atoms with E-state index in [0.717, 1.165) is 11.3 Å². The first-order chi connectivity index (χ1) is 8.58. The number of rotatable bonds is 4. The summed E-state index contributed by atoms with van der Waals surface area (Å²) in [7, 11) is 0. The molecule has 1 aromatic carbocycles. The Balaban J connectivity index is 2.10. The minimum atomic E-state index is -0.0503. The third kappa shape index (κ3) is 2.65. The summed E-state index contributed by atoms with van der Waals surface area (Å²) in [5.74, 6) is 0.990. The molecular formula is C14H17NO3. The van der Waals surface area contributed by atoms with Crippen molar-refractivity contribution in [1.82, 2.24) is 5.32 Å². The van der Waals surface area contributed by atoms with Crippen LogP contribution in [-0.4, -0.2) is 10.2 Å². The summed E-state index contributed by atoms with van der Waals surface area (Å²) in [6, 6.07) is 8.35. The van der Waals surface area contributed by atoms with E-state index in [4.69, 9.17) is 4.42 Å². The minimum Gasteiger partial charge on any atom is -0.508 e. The first-order valence-corrected chi connectivity index (χ1v) is 5.89. The molecule has 0 saturated heterocycles. The summed E-state index contributed by atoms with van der Waals surface area (Å²) >= 11 is 0. The lowest BCUT2D eigenvalue weighted by atomic mass is 10.1. The van der Waals surface area contributed by atoms with E-state index in [-0.39, 0.29) is 23.6 Å². The van der Waals surface area contributed by atoms with Gasteiger partial charge >= 0.3 is 0 Å². The van der Waals surface area contributed by atoms with Crippen molar-refractivity contribution in [3.8, 4) is 11.5 Å². The molecule has 96 valence electrons. The lowest BCUT2D eigenvalue weighted by Gasteiger charge is -2.19. The second kappa shape index (κ2) is 5.14. The van der Waals surface area contributed by atoms with Crippen LogP contribution in [0.5, 0.6) is 11.5 Å². The summed E-state index contributed by atoms with van der Waals surface area (Å²) in [6.45, 7) is 3.94. The van der Waals surface area contributed by atoms with Gasteiger partial charge in [0.05, 0.1) is 12.3 Å². The molecule has 1 aromatic heterocycles. The summed E-state index contributed by atoms with van der Waals surface area (Å²) in [5.41, 5.74) is 0.742. The Hall–Kier alpha value is -1.94. The highest BCUT2D eigenvalue weighted by Crippen LogP contribution is 2.29. The number of furan rings is 1. The van der Waals surface area contributed by atoms with E-state index in [1.165, 1.54) is 6.07 Å². The Morgan fingerprint density at radius 1 is 1.11 bits per heavy atom. The minimum absolute atomic E-state index is 0.0446. The van der Waals surface area contributed by atoms with E-state index in [9.17, 15) is 10.2 Å². The van der Waals surface area contributed by atoms with Gasteiger partial charge in [-0.05, 0) is 32.0 Å². The molecule has 1 heterocycles. The zero-order valence-electron chi connectivity index (χ0n) is 10.4. The maximum absolute atomic E-state index is 9.78. The Labute approximate surface area is 106 Å². The number of hydrogen-bond donors (Lipinski definition) is 3. The zero-order valence-corrected chi connectivity index (χ0v) is 10.4. The fraction of sp³-hybridized carbons (Fsp3) is 0.286. The van der Waals surface area contributed by atoms with Gasteiger partial charge in [-0.1, -0.05) is 6.07 Å². The van der Waals surface area contributed by atoms with E-state index in [1.807, 2.05) is 26.0 Å². The van der Waals surface area contributed by atoms with Gasteiger partial charge in [-0.15, -0.1) is 0 Å². The third-order valence-electron chi connectivity index (χ3n) is 2.95. The van der Waals surface area contributed by atoms with Gasteiger partial charge in [0.2, 0.25) is 0 Å². The van der Waals surface area contributed by atoms with Crippen LogP contribution in [0.1, 0.15) is 37.3 Å². The first kappa shape index (κ1) is 12.5. The Kier molecular flexibility index (Phi) is 3.58. The molecule has 0 fully saturated rings. The Morgan fingerprint density at radius 2 is 1.89 bits per heavy atom. The second-order valence-corrected chi connectivity index (χ2v) is 4.37. The smallest absolute Gasteiger partial charge is 0.124 e. The average molecular weight is 247 g/mol. The molecule has 0 radical (unpaired) electrons. The van der Waals surface area contributed by atoms with Gasteiger partial charge in [0.25, 0.3) is 0 Å². The largest absolute Gasteiger partial charge is 0.508 e. The van der Waals surface area contributed by atoms with Crippen molar-refractivity contribution >= 4 is 0 Å². The maximum Gasteiger partial charge on any atom is 0.124 e. The number of aromatic hydroxyl groups is 2. The van der Waals surface area contributed by atoms with Gasteiger partial charge in [-0.3, -0.25) is 0 Å². The Bertz CT molecular complexity index is 508. The summed E-state index contributed by atoms with van der Waals surface area (Å²) in [4.78, 5) is 0. The van der Waals surface area contributed by atoms with Gasteiger partial charge in [0.15, 0.2) is 0 Å². The summed E-state index contributed by atoms with van der Waals surface area (Å²) in [6.07, 6.45) is 1.64. The van der Waals surface area contributed by atoms with Crippen molar-refractivity contribution in [2.24, 2.45) is 0 Å². The first-order valence-electron chi connectivity index (χ1n) is 5.89. The van der Waals surface area contributed by atoms with E-state index in [1.54, 1.807) is 18.4 Å². The molecule has 1 unspecified atom stereocenters. The molecule has 0 amide bonds. The van der Waals surface area contributed by atoms with Crippen LogP contribution in [0, 0.1) is 0 Å². The molecule has 2 rings (SSSR count). The average Bonchev–Trinajstić information content (AvgIpc) is 2.81. The van der Waals surface area contributed by atoms with E-state index < -0.39 is 0 Å². The third-order valence-corrected chi connectivity index (χ3v) is 2.95. The summed E-state index contributed by atoms with van der Waals surface area (Å²) < 4.78 is 5.32. The topological polar surface area (TPSA) is 65.6 Å². The lowest BCUT2D eigenvalue weighted by Crippen LogP contribution is -2.22. The molecule has 4 nitrogen and oxygen atoms in total. The molecular weight excluding hydrogens is 230 g/mol. The molecule has 0 saturated carbocycles. The van der Waals surface area contributed by atoms with Crippen molar-refractivity contribution in [1.29, 1.82) is 0 Å². The number of nitrogens with one attached hydrogen (secondary N) is 1. The zero-order chi connectivity index (χ0) is 13.1. The van der Waals surface area contributed by atoms with Crippen molar-refractivity contribution < 1.29 is 14.6 Å². The quantitative estimate of drug-likeness (QED) is 0.776. The predicted molar refractivity (Wildman–Crippen MR) is 68.4 cm³/mol. The second-order valence-electron chi connectivity index (χ2n) is 4.37. The van der Waals surface area contributed by atoms with E-state index in [2.05, 4.69) is 5.32 Å². The highest BCUT2D eigenvalue weighted by atomic mass is 16.3. The molecule has 2 aromatic rings. The van der Waals surface area contributed by atoms with E-state index >= 15 is 0 Å². The highest BCUT2D eigenvalue weighted by Gasteiger charge is 2.15. The van der Waals surface area contributed by atoms with Crippen LogP contribution in [0.4, 0.5) is 0 Å². The van der Waals surface area contributed by atoms with E-state index in [0.29, 0.717) is 0 Å². The molecule has 0 aliphatic carbocycles. The van der Waals surface area contributed by atoms with Crippen molar-refractivity contribution in [3.63, 3.8) is 0 Å². The van der Waals surface area contributed by atoms with Crippen molar-refractivity contribution in [2.75, 3.05) is 0 Å². The van der Waals surface area contributed by atoms with Crippen molar-refractivity contribution in [2.45, 2.75) is 25.9 Å². The fourth-order valence-electron chi connectivity index (χ4n) is 1.98. The lowest BCUT2D eigenvalue weighted by molar-refractivity contribution is 0.391. The predicted octanol–water partition coefficient (Wildman–Crippen LogP) is 3.10. The Morgan fingerprint density at radius 3 is 2.50 bits per heavy atom. The monoisotopic (exact) mass is 247 g/mol. The van der Waals surface area contributed by atoms with Crippen LogP contribution in [0.15, 0.2) is 41.0 Å². The number of phenols is 2. The van der Waals surface area contributed by atoms with Gasteiger partial charge in [-0.25, -0.2) is 0 Å². The number of hydrogen-bond acceptors (Lipinski definition) is 4. The van der Waals surface area contributed by atoms with Gasteiger partial charge in [0.1, 0.15) is 17.3 Å². The van der Waals surface area contributed by atoms with Crippen LogP contribution in [-0.2, 0) is 0 Å². The molecule has 0 aliphatic heterocycles. The van der Waals surface area contributed by atoms with Crippen molar-refractivity contribution in [3.05, 3.63) is 47.9 Å². The maximum atomic E-state index is 9.78. The van der Waals surface area contributed by atoms with Crippen LogP contribution < -0.4 is 5.32 Å². The van der Waals surface area contributed by atoms with Gasteiger partial charge in [0, 0.05) is 17.7 Å². The SMILES string of the molecule is CC(N[C@H](C)c1ccco1)c1ccc(O)cc1O. The molecule has 0 bridgehead atoms. The highest BCUT2D eigenvalue weighted by molar-refractivity contribution is 5.40. The van der Waals surface area contributed by atoms with Crippen LogP contribution in [0.3, 0.4) is 0 Å². The van der Waals surface area contributed by atoms with Gasteiger partial charge < -0.3 is 19.9 Å². The molecule has 0 aliphatic rings.